The molecule has 0 spiro atoms. The van der Waals surface area contributed by atoms with E-state index in [1.165, 1.54) is 16.8 Å². The van der Waals surface area contributed by atoms with Crippen LogP contribution in [-0.4, -0.2) is 57.4 Å². The maximum atomic E-state index is 5.66. The van der Waals surface area contributed by atoms with Gasteiger partial charge in [-0.2, -0.15) is 5.10 Å². The number of anilines is 1. The number of benzene rings is 1. The highest BCUT2D eigenvalue weighted by Gasteiger charge is 2.22. The molecule has 2 aromatic heterocycles. The van der Waals surface area contributed by atoms with Crippen LogP contribution < -0.4 is 10.6 Å². The van der Waals surface area contributed by atoms with E-state index in [1.54, 1.807) is 12.4 Å². The Morgan fingerprint density at radius 3 is 2.38 bits per heavy atom. The standard InChI is InChI=1S/C22H29N7/c1-17-20(15-26-27(17)2)16-28-11-13-29(14-12-28)22-21(24-9-10-25-22)19-5-3-18(4-6-19)7-8-23/h3-6,9-10,15H,7-8,11-14,16,23H2,1-2H3. The maximum Gasteiger partial charge on any atom is 0.155 e. The van der Waals surface area contributed by atoms with Crippen molar-refractivity contribution in [1.29, 1.82) is 0 Å². The first-order chi connectivity index (χ1) is 14.2. The van der Waals surface area contributed by atoms with E-state index in [2.05, 4.69) is 56.1 Å². The van der Waals surface area contributed by atoms with E-state index in [-0.39, 0.29) is 0 Å². The second-order valence-corrected chi connectivity index (χ2v) is 7.61. The van der Waals surface area contributed by atoms with Gasteiger partial charge in [-0.25, -0.2) is 4.98 Å². The molecule has 0 radical (unpaired) electrons. The predicted octanol–water partition coefficient (Wildman–Crippen LogP) is 2.01. The summed E-state index contributed by atoms with van der Waals surface area (Å²) >= 11 is 0. The summed E-state index contributed by atoms with van der Waals surface area (Å²) in [6.07, 6.45) is 6.43. The molecule has 0 atom stereocenters. The summed E-state index contributed by atoms with van der Waals surface area (Å²) in [7, 11) is 1.99. The van der Waals surface area contributed by atoms with Crippen molar-refractivity contribution in [1.82, 2.24) is 24.6 Å². The number of piperazine rings is 1. The van der Waals surface area contributed by atoms with Crippen LogP contribution in [0.5, 0.6) is 0 Å². The van der Waals surface area contributed by atoms with Gasteiger partial charge in [0.15, 0.2) is 5.82 Å². The number of hydrogen-bond acceptors (Lipinski definition) is 6. The first-order valence-corrected chi connectivity index (χ1v) is 10.2. The highest BCUT2D eigenvalue weighted by Crippen LogP contribution is 2.28. The number of nitrogens with zero attached hydrogens (tertiary/aromatic N) is 6. The van der Waals surface area contributed by atoms with Crippen molar-refractivity contribution in [3.63, 3.8) is 0 Å². The van der Waals surface area contributed by atoms with E-state index in [4.69, 9.17) is 5.73 Å². The number of aromatic nitrogens is 4. The molecule has 29 heavy (non-hydrogen) atoms. The molecule has 1 fully saturated rings. The molecular weight excluding hydrogens is 362 g/mol. The topological polar surface area (TPSA) is 76.1 Å². The van der Waals surface area contributed by atoms with Crippen LogP contribution >= 0.6 is 0 Å². The van der Waals surface area contributed by atoms with Gasteiger partial charge in [0.1, 0.15) is 5.69 Å². The van der Waals surface area contributed by atoms with E-state index in [1.807, 2.05) is 17.9 Å². The third-order valence-electron chi connectivity index (χ3n) is 5.74. The number of aryl methyl sites for hydroxylation is 1. The second-order valence-electron chi connectivity index (χ2n) is 7.61. The third-order valence-corrected chi connectivity index (χ3v) is 5.74. The van der Waals surface area contributed by atoms with Crippen LogP contribution in [-0.2, 0) is 20.0 Å². The van der Waals surface area contributed by atoms with Crippen LogP contribution in [0.2, 0.25) is 0 Å². The highest BCUT2D eigenvalue weighted by molar-refractivity contribution is 5.72. The zero-order chi connectivity index (χ0) is 20.2. The SMILES string of the molecule is Cc1c(CN2CCN(c3nccnc3-c3ccc(CCN)cc3)CC2)cnn1C. The fourth-order valence-corrected chi connectivity index (χ4v) is 3.82. The van der Waals surface area contributed by atoms with Crippen molar-refractivity contribution in [3.8, 4) is 11.3 Å². The van der Waals surface area contributed by atoms with Gasteiger partial charge in [0.25, 0.3) is 0 Å². The Balaban J connectivity index is 1.45. The number of nitrogens with two attached hydrogens (primary N) is 1. The van der Waals surface area contributed by atoms with Gasteiger partial charge in [-0.3, -0.25) is 14.6 Å². The monoisotopic (exact) mass is 391 g/mol. The van der Waals surface area contributed by atoms with Gasteiger partial charge in [-0.05, 0) is 25.5 Å². The van der Waals surface area contributed by atoms with Gasteiger partial charge >= 0.3 is 0 Å². The average molecular weight is 392 g/mol. The summed E-state index contributed by atoms with van der Waals surface area (Å²) in [5.74, 6) is 0.969. The Hall–Kier alpha value is -2.77. The lowest BCUT2D eigenvalue weighted by molar-refractivity contribution is 0.249. The fraction of sp³-hybridized carbons (Fsp3) is 0.409. The minimum Gasteiger partial charge on any atom is -0.352 e. The number of rotatable bonds is 6. The summed E-state index contributed by atoms with van der Waals surface area (Å²) in [5.41, 5.74) is 11.5. The summed E-state index contributed by atoms with van der Waals surface area (Å²) in [6, 6.07) is 8.52. The molecule has 1 aliphatic rings. The Morgan fingerprint density at radius 1 is 1.00 bits per heavy atom. The predicted molar refractivity (Wildman–Crippen MR) is 116 cm³/mol. The number of hydrogen-bond donors (Lipinski definition) is 1. The Kier molecular flexibility index (Phi) is 5.87. The largest absolute Gasteiger partial charge is 0.352 e. The minimum absolute atomic E-state index is 0.665. The molecule has 0 aliphatic carbocycles. The first-order valence-electron chi connectivity index (χ1n) is 10.2. The quantitative estimate of drug-likeness (QED) is 0.693. The highest BCUT2D eigenvalue weighted by atomic mass is 15.3. The van der Waals surface area contributed by atoms with E-state index in [0.717, 1.165) is 56.2 Å². The second kappa shape index (κ2) is 8.71. The third kappa shape index (κ3) is 4.31. The minimum atomic E-state index is 0.665. The Bertz CT molecular complexity index is 940. The van der Waals surface area contributed by atoms with Crippen molar-refractivity contribution in [2.24, 2.45) is 12.8 Å². The molecule has 4 rings (SSSR count). The Morgan fingerprint density at radius 2 is 1.72 bits per heavy atom. The van der Waals surface area contributed by atoms with Crippen LogP contribution in [0.1, 0.15) is 16.8 Å². The molecule has 1 saturated heterocycles. The van der Waals surface area contributed by atoms with Crippen molar-refractivity contribution in [2.75, 3.05) is 37.6 Å². The van der Waals surface area contributed by atoms with E-state index >= 15 is 0 Å². The van der Waals surface area contributed by atoms with E-state index in [0.29, 0.717) is 6.54 Å². The molecule has 152 valence electrons. The zero-order valence-electron chi connectivity index (χ0n) is 17.3. The zero-order valence-corrected chi connectivity index (χ0v) is 17.3. The molecule has 0 saturated carbocycles. The molecule has 1 aromatic carbocycles. The van der Waals surface area contributed by atoms with E-state index < -0.39 is 0 Å². The lowest BCUT2D eigenvalue weighted by atomic mass is 10.1. The molecule has 3 heterocycles. The molecule has 7 nitrogen and oxygen atoms in total. The lowest BCUT2D eigenvalue weighted by Crippen LogP contribution is -2.46. The van der Waals surface area contributed by atoms with Gasteiger partial charge in [-0.15, -0.1) is 0 Å². The van der Waals surface area contributed by atoms with Crippen LogP contribution in [0.15, 0.2) is 42.9 Å². The first kappa shape index (κ1) is 19.5. The van der Waals surface area contributed by atoms with Gasteiger partial charge in [-0.1, -0.05) is 24.3 Å². The molecule has 2 N–H and O–H groups in total. The van der Waals surface area contributed by atoms with Gasteiger partial charge < -0.3 is 10.6 Å². The van der Waals surface area contributed by atoms with Crippen LogP contribution in [0.3, 0.4) is 0 Å². The molecular formula is C22H29N7. The van der Waals surface area contributed by atoms with E-state index in [9.17, 15) is 0 Å². The fourth-order valence-electron chi connectivity index (χ4n) is 3.82. The van der Waals surface area contributed by atoms with Gasteiger partial charge in [0.2, 0.25) is 0 Å². The van der Waals surface area contributed by atoms with Crippen LogP contribution in [0.25, 0.3) is 11.3 Å². The Labute approximate surface area is 172 Å². The van der Waals surface area contributed by atoms with Crippen molar-refractivity contribution in [3.05, 3.63) is 59.7 Å². The normalized spacial score (nSPS) is 15.1. The average Bonchev–Trinajstić information content (AvgIpc) is 3.07. The van der Waals surface area contributed by atoms with Crippen molar-refractivity contribution in [2.45, 2.75) is 19.9 Å². The summed E-state index contributed by atoms with van der Waals surface area (Å²) in [6.45, 7) is 7.62. The van der Waals surface area contributed by atoms with Gasteiger partial charge in [0.05, 0.1) is 6.20 Å². The van der Waals surface area contributed by atoms with Crippen LogP contribution in [0, 0.1) is 6.92 Å². The maximum absolute atomic E-state index is 5.66. The molecule has 0 unspecified atom stereocenters. The van der Waals surface area contributed by atoms with Gasteiger partial charge in [0, 0.05) is 69.0 Å². The molecule has 0 bridgehead atoms. The molecule has 0 amide bonds. The summed E-state index contributed by atoms with van der Waals surface area (Å²) in [4.78, 5) is 14.2. The summed E-state index contributed by atoms with van der Waals surface area (Å²) in [5, 5.41) is 4.36. The smallest absolute Gasteiger partial charge is 0.155 e. The lowest BCUT2D eigenvalue weighted by Gasteiger charge is -2.35. The van der Waals surface area contributed by atoms with Crippen LogP contribution in [0.4, 0.5) is 5.82 Å². The summed E-state index contributed by atoms with van der Waals surface area (Å²) < 4.78 is 1.94. The van der Waals surface area contributed by atoms with Crippen molar-refractivity contribution < 1.29 is 0 Å². The molecule has 1 aliphatic heterocycles. The van der Waals surface area contributed by atoms with Crippen molar-refractivity contribution >= 4 is 5.82 Å². The molecule has 7 heteroatoms. The molecule has 3 aromatic rings.